The molecule has 164 valence electrons. The first-order chi connectivity index (χ1) is 14.2. The summed E-state index contributed by atoms with van der Waals surface area (Å²) in [6.07, 6.45) is 2.33. The van der Waals surface area contributed by atoms with E-state index in [1.54, 1.807) is 12.1 Å². The zero-order valence-electron chi connectivity index (χ0n) is 18.7. The molecule has 1 spiro atoms. The van der Waals surface area contributed by atoms with E-state index in [0.29, 0.717) is 30.8 Å². The number of carbonyl (C=O) groups excluding carboxylic acids is 2. The minimum absolute atomic E-state index is 0.107. The van der Waals surface area contributed by atoms with Gasteiger partial charge in [0, 0.05) is 56.1 Å². The zero-order chi connectivity index (χ0) is 21.6. The topological polar surface area (TPSA) is 64.1 Å². The summed E-state index contributed by atoms with van der Waals surface area (Å²) >= 11 is 0. The average Bonchev–Trinajstić information content (AvgIpc) is 3.09. The molecule has 4 rings (SSSR count). The normalized spacial score (nSPS) is 26.7. The van der Waals surface area contributed by atoms with Crippen LogP contribution in [0, 0.1) is 11.3 Å². The van der Waals surface area contributed by atoms with Crippen molar-refractivity contribution in [3.05, 3.63) is 29.8 Å². The Balaban J connectivity index is 1.43. The number of amides is 2. The molecule has 0 aliphatic carbocycles. The molecule has 0 saturated carbocycles. The van der Waals surface area contributed by atoms with Crippen LogP contribution in [0.1, 0.15) is 58.6 Å². The van der Waals surface area contributed by atoms with Crippen molar-refractivity contribution in [1.82, 2.24) is 14.7 Å². The third-order valence-electron chi connectivity index (χ3n) is 7.48. The third kappa shape index (κ3) is 3.59. The van der Waals surface area contributed by atoms with Gasteiger partial charge in [0.25, 0.3) is 0 Å². The van der Waals surface area contributed by atoms with Gasteiger partial charge in [-0.3, -0.25) is 14.5 Å². The molecule has 0 bridgehead atoms. The summed E-state index contributed by atoms with van der Waals surface area (Å²) in [7, 11) is 0. The van der Waals surface area contributed by atoms with Gasteiger partial charge in [-0.25, -0.2) is 0 Å². The van der Waals surface area contributed by atoms with Gasteiger partial charge in [-0.1, -0.05) is 12.1 Å². The molecule has 0 radical (unpaired) electrons. The summed E-state index contributed by atoms with van der Waals surface area (Å²) in [6.45, 7) is 11.6. The highest BCUT2D eigenvalue weighted by molar-refractivity contribution is 5.89. The minimum Gasteiger partial charge on any atom is -0.508 e. The van der Waals surface area contributed by atoms with Crippen molar-refractivity contribution < 1.29 is 14.7 Å². The third-order valence-corrected chi connectivity index (χ3v) is 7.48. The number of aromatic hydroxyl groups is 1. The molecule has 1 N–H and O–H groups in total. The van der Waals surface area contributed by atoms with E-state index in [1.165, 1.54) is 5.56 Å². The van der Waals surface area contributed by atoms with E-state index < -0.39 is 0 Å². The van der Waals surface area contributed by atoms with Gasteiger partial charge in [0.1, 0.15) is 5.75 Å². The second-order valence-corrected chi connectivity index (χ2v) is 9.99. The fraction of sp³-hybridized carbons (Fsp3) is 0.667. The van der Waals surface area contributed by atoms with Crippen LogP contribution in [0.3, 0.4) is 0 Å². The second kappa shape index (κ2) is 7.88. The number of nitrogens with zero attached hydrogens (tertiary/aromatic N) is 3. The average molecular weight is 414 g/mol. The number of phenols is 1. The molecule has 3 fully saturated rings. The number of benzene rings is 1. The Hall–Kier alpha value is -2.08. The van der Waals surface area contributed by atoms with Crippen molar-refractivity contribution in [2.24, 2.45) is 11.3 Å². The van der Waals surface area contributed by atoms with E-state index >= 15 is 0 Å². The number of hydrogen-bond acceptors (Lipinski definition) is 4. The number of phenolic OH excluding ortho intramolecular Hbond substituents is 1. The maximum atomic E-state index is 13.1. The van der Waals surface area contributed by atoms with Crippen LogP contribution in [0.5, 0.6) is 5.75 Å². The van der Waals surface area contributed by atoms with E-state index in [2.05, 4.69) is 18.7 Å². The molecular weight excluding hydrogens is 378 g/mol. The highest BCUT2D eigenvalue weighted by Gasteiger charge is 2.55. The Kier molecular flexibility index (Phi) is 5.56. The Morgan fingerprint density at radius 2 is 1.70 bits per heavy atom. The van der Waals surface area contributed by atoms with Gasteiger partial charge in [0.2, 0.25) is 11.8 Å². The Morgan fingerprint density at radius 3 is 2.23 bits per heavy atom. The smallest absolute Gasteiger partial charge is 0.227 e. The van der Waals surface area contributed by atoms with E-state index in [-0.39, 0.29) is 29.2 Å². The molecule has 6 heteroatoms. The lowest BCUT2D eigenvalue weighted by atomic mass is 9.62. The van der Waals surface area contributed by atoms with Crippen LogP contribution in [0.15, 0.2) is 24.3 Å². The van der Waals surface area contributed by atoms with Gasteiger partial charge in [-0.2, -0.15) is 0 Å². The molecule has 3 aliphatic rings. The lowest BCUT2D eigenvalue weighted by molar-refractivity contribution is -0.150. The quantitative estimate of drug-likeness (QED) is 0.824. The Bertz CT molecular complexity index is 796. The van der Waals surface area contributed by atoms with Crippen LogP contribution in [-0.2, 0) is 9.59 Å². The van der Waals surface area contributed by atoms with Gasteiger partial charge >= 0.3 is 0 Å². The predicted molar refractivity (Wildman–Crippen MR) is 116 cm³/mol. The van der Waals surface area contributed by atoms with E-state index in [0.717, 1.165) is 32.5 Å². The van der Waals surface area contributed by atoms with E-state index in [9.17, 15) is 14.7 Å². The van der Waals surface area contributed by atoms with Gasteiger partial charge < -0.3 is 14.9 Å². The molecule has 1 aromatic rings. The maximum absolute atomic E-state index is 13.1. The van der Waals surface area contributed by atoms with Crippen LogP contribution < -0.4 is 0 Å². The number of piperidine rings is 1. The Morgan fingerprint density at radius 1 is 1.07 bits per heavy atom. The molecular formula is C24H35N3O3. The summed E-state index contributed by atoms with van der Waals surface area (Å²) < 4.78 is 0. The first-order valence-corrected chi connectivity index (χ1v) is 11.3. The molecule has 3 heterocycles. The first-order valence-electron chi connectivity index (χ1n) is 11.3. The van der Waals surface area contributed by atoms with Crippen LogP contribution >= 0.6 is 0 Å². The van der Waals surface area contributed by atoms with Gasteiger partial charge in [0.05, 0.1) is 5.92 Å². The number of carbonyl (C=O) groups is 2. The molecule has 2 atom stereocenters. The summed E-state index contributed by atoms with van der Waals surface area (Å²) in [5.74, 6) is 0.374. The van der Waals surface area contributed by atoms with Gasteiger partial charge in [-0.05, 0) is 58.2 Å². The predicted octanol–water partition coefficient (Wildman–Crippen LogP) is 3.02. The van der Waals surface area contributed by atoms with E-state index in [1.807, 2.05) is 35.8 Å². The van der Waals surface area contributed by atoms with Crippen molar-refractivity contribution in [2.45, 2.75) is 65.1 Å². The largest absolute Gasteiger partial charge is 0.508 e. The van der Waals surface area contributed by atoms with Crippen molar-refractivity contribution in [3.63, 3.8) is 0 Å². The molecule has 3 saturated heterocycles. The zero-order valence-corrected chi connectivity index (χ0v) is 18.7. The number of likely N-dealkylation sites (tertiary alicyclic amines) is 3. The monoisotopic (exact) mass is 413 g/mol. The highest BCUT2D eigenvalue weighted by Crippen LogP contribution is 2.55. The van der Waals surface area contributed by atoms with E-state index in [4.69, 9.17) is 0 Å². The van der Waals surface area contributed by atoms with Crippen molar-refractivity contribution in [2.75, 3.05) is 26.2 Å². The maximum Gasteiger partial charge on any atom is 0.227 e. The highest BCUT2D eigenvalue weighted by atomic mass is 16.3. The van der Waals surface area contributed by atoms with Crippen molar-refractivity contribution in [1.29, 1.82) is 0 Å². The fourth-order valence-electron chi connectivity index (χ4n) is 5.72. The van der Waals surface area contributed by atoms with Crippen LogP contribution in [-0.4, -0.2) is 69.9 Å². The van der Waals surface area contributed by atoms with Crippen LogP contribution in [0.4, 0.5) is 0 Å². The summed E-state index contributed by atoms with van der Waals surface area (Å²) in [5.41, 5.74) is 1.44. The number of hydrogen-bond donors (Lipinski definition) is 1. The Labute approximate surface area is 179 Å². The first kappa shape index (κ1) is 21.2. The second-order valence-electron chi connectivity index (χ2n) is 9.99. The number of rotatable bonds is 4. The molecule has 2 amide bonds. The summed E-state index contributed by atoms with van der Waals surface area (Å²) in [6, 6.07) is 8.58. The van der Waals surface area contributed by atoms with Gasteiger partial charge in [-0.15, -0.1) is 0 Å². The molecule has 2 unspecified atom stereocenters. The van der Waals surface area contributed by atoms with Gasteiger partial charge in [0.15, 0.2) is 0 Å². The van der Waals surface area contributed by atoms with Crippen LogP contribution in [0.25, 0.3) is 0 Å². The minimum atomic E-state index is -0.185. The molecule has 3 aliphatic heterocycles. The molecule has 1 aromatic carbocycles. The SMILES string of the molecule is CC(C)N1CC(C(=O)N2CCC3(CC2)CN(C(C)C)C3c2ccc(O)cc2)CC1=O. The molecule has 6 nitrogen and oxygen atoms in total. The molecule has 30 heavy (non-hydrogen) atoms. The lowest BCUT2D eigenvalue weighted by Crippen LogP contribution is -2.64. The lowest BCUT2D eigenvalue weighted by Gasteiger charge is -2.62. The summed E-state index contributed by atoms with van der Waals surface area (Å²) in [5, 5.41) is 9.69. The molecule has 0 aromatic heterocycles. The standard InChI is InChI=1S/C24H35N3O3/c1-16(2)26-14-19(13-21(26)29)23(30)25-11-9-24(10-12-25)15-27(17(3)4)22(24)18-5-7-20(28)8-6-18/h5-8,16-17,19,22,28H,9-15H2,1-4H3. The van der Waals surface area contributed by atoms with Crippen molar-refractivity contribution in [3.8, 4) is 5.75 Å². The fourth-order valence-corrected chi connectivity index (χ4v) is 5.72. The van der Waals surface area contributed by atoms with Crippen LogP contribution in [0.2, 0.25) is 0 Å². The van der Waals surface area contributed by atoms with Crippen molar-refractivity contribution >= 4 is 11.8 Å². The summed E-state index contributed by atoms with van der Waals surface area (Å²) in [4.78, 5) is 31.7.